The molecule has 5 nitrogen and oxygen atoms in total. The molecule has 2 rings (SSSR count). The van der Waals surface area contributed by atoms with Gasteiger partial charge in [-0.25, -0.2) is 4.98 Å². The van der Waals surface area contributed by atoms with E-state index in [0.717, 1.165) is 30.2 Å². The van der Waals surface area contributed by atoms with Gasteiger partial charge >= 0.3 is 0 Å². The first-order valence-electron chi connectivity index (χ1n) is 9.26. The molecule has 1 aromatic carbocycles. The number of unbranched alkanes of at least 4 members (excludes halogenated alkanes) is 1. The maximum absolute atomic E-state index is 5.90. The Morgan fingerprint density at radius 2 is 1.96 bits per heavy atom. The standard InChI is InChI=1S/C21H30N4OS/c1-16-7-8-19(13-17(16)2)26-20-14-18(9-11-23-20)15-25-21(22-3)24-10-5-6-12-27-4/h7-9,11,13-14H,5-6,10,12,15H2,1-4H3,(H2,22,24,25). The zero-order chi connectivity index (χ0) is 19.5. The second kappa shape index (κ2) is 11.5. The highest BCUT2D eigenvalue weighted by Gasteiger charge is 2.04. The van der Waals surface area contributed by atoms with Crippen LogP contribution in [0.5, 0.6) is 11.6 Å². The Bertz CT molecular complexity index is 749. The first-order valence-corrected chi connectivity index (χ1v) is 10.6. The molecular formula is C21H30N4OS. The Balaban J connectivity index is 1.86. The van der Waals surface area contributed by atoms with Gasteiger partial charge in [-0.15, -0.1) is 0 Å². The van der Waals surface area contributed by atoms with Gasteiger partial charge in [0.25, 0.3) is 0 Å². The number of nitrogens with one attached hydrogen (secondary N) is 2. The first kappa shape index (κ1) is 21.1. The molecule has 0 spiro atoms. The summed E-state index contributed by atoms with van der Waals surface area (Å²) in [5.41, 5.74) is 3.55. The number of aryl methyl sites for hydroxylation is 2. The van der Waals surface area contributed by atoms with Gasteiger partial charge in [-0.2, -0.15) is 11.8 Å². The topological polar surface area (TPSA) is 58.5 Å². The molecule has 0 atom stereocenters. The molecule has 2 N–H and O–H groups in total. The average molecular weight is 387 g/mol. The van der Waals surface area contributed by atoms with Crippen molar-refractivity contribution in [3.63, 3.8) is 0 Å². The Hall–Kier alpha value is -2.21. The Kier molecular flexibility index (Phi) is 8.98. The molecule has 6 heteroatoms. The predicted molar refractivity (Wildman–Crippen MR) is 116 cm³/mol. The van der Waals surface area contributed by atoms with Gasteiger partial charge < -0.3 is 15.4 Å². The minimum Gasteiger partial charge on any atom is -0.439 e. The SMILES string of the molecule is CN=C(NCCCCSC)NCc1ccnc(Oc2ccc(C)c(C)c2)c1. The molecule has 0 saturated heterocycles. The summed E-state index contributed by atoms with van der Waals surface area (Å²) in [6.07, 6.45) is 6.27. The van der Waals surface area contributed by atoms with E-state index in [-0.39, 0.29) is 0 Å². The lowest BCUT2D eigenvalue weighted by molar-refractivity contribution is 0.461. The molecular weight excluding hydrogens is 356 g/mol. The van der Waals surface area contributed by atoms with Crippen molar-refractivity contribution in [3.05, 3.63) is 53.2 Å². The first-order chi connectivity index (χ1) is 13.1. The largest absolute Gasteiger partial charge is 0.439 e. The van der Waals surface area contributed by atoms with Crippen molar-refractivity contribution in [2.24, 2.45) is 4.99 Å². The number of guanidine groups is 1. The van der Waals surface area contributed by atoms with Crippen molar-refractivity contribution in [2.75, 3.05) is 25.6 Å². The maximum Gasteiger partial charge on any atom is 0.219 e. The minimum atomic E-state index is 0.595. The number of hydrogen-bond acceptors (Lipinski definition) is 4. The van der Waals surface area contributed by atoms with E-state index in [1.807, 2.05) is 36.0 Å². The van der Waals surface area contributed by atoms with Crippen LogP contribution >= 0.6 is 11.8 Å². The van der Waals surface area contributed by atoms with Crippen LogP contribution in [0.2, 0.25) is 0 Å². The lowest BCUT2D eigenvalue weighted by Crippen LogP contribution is -2.37. The third-order valence-corrected chi connectivity index (χ3v) is 4.95. The quantitative estimate of drug-likeness (QED) is 0.382. The summed E-state index contributed by atoms with van der Waals surface area (Å²) in [6, 6.07) is 9.99. The number of pyridine rings is 1. The number of ether oxygens (including phenoxy) is 1. The fourth-order valence-electron chi connectivity index (χ4n) is 2.50. The van der Waals surface area contributed by atoms with Crippen LogP contribution in [0.3, 0.4) is 0 Å². The van der Waals surface area contributed by atoms with Crippen LogP contribution in [0.4, 0.5) is 0 Å². The Labute approximate surface area is 167 Å². The molecule has 0 aliphatic heterocycles. The van der Waals surface area contributed by atoms with Gasteiger partial charge in [0.2, 0.25) is 5.88 Å². The van der Waals surface area contributed by atoms with Crippen LogP contribution in [0.1, 0.15) is 29.5 Å². The molecule has 146 valence electrons. The van der Waals surface area contributed by atoms with Crippen molar-refractivity contribution in [1.29, 1.82) is 0 Å². The van der Waals surface area contributed by atoms with Gasteiger partial charge in [-0.3, -0.25) is 4.99 Å². The number of aromatic nitrogens is 1. The van der Waals surface area contributed by atoms with E-state index in [0.29, 0.717) is 12.4 Å². The van der Waals surface area contributed by atoms with E-state index in [4.69, 9.17) is 4.74 Å². The smallest absolute Gasteiger partial charge is 0.219 e. The van der Waals surface area contributed by atoms with Crippen molar-refractivity contribution >= 4 is 17.7 Å². The summed E-state index contributed by atoms with van der Waals surface area (Å²) < 4.78 is 5.90. The van der Waals surface area contributed by atoms with E-state index < -0.39 is 0 Å². The zero-order valence-corrected chi connectivity index (χ0v) is 17.5. The summed E-state index contributed by atoms with van der Waals surface area (Å²) in [5, 5.41) is 6.68. The minimum absolute atomic E-state index is 0.595. The van der Waals surface area contributed by atoms with Crippen LogP contribution in [0, 0.1) is 13.8 Å². The summed E-state index contributed by atoms with van der Waals surface area (Å²) in [5.74, 6) is 3.41. The maximum atomic E-state index is 5.90. The second-order valence-electron chi connectivity index (χ2n) is 6.40. The number of hydrogen-bond donors (Lipinski definition) is 2. The van der Waals surface area contributed by atoms with E-state index in [1.165, 1.54) is 23.3 Å². The molecule has 0 amide bonds. The van der Waals surface area contributed by atoms with Gasteiger partial charge in [0.1, 0.15) is 5.75 Å². The molecule has 1 heterocycles. The van der Waals surface area contributed by atoms with Crippen LogP contribution in [-0.4, -0.2) is 36.5 Å². The summed E-state index contributed by atoms with van der Waals surface area (Å²) in [6.45, 7) is 5.76. The van der Waals surface area contributed by atoms with Crippen LogP contribution in [0.15, 0.2) is 41.5 Å². The van der Waals surface area contributed by atoms with Crippen LogP contribution in [-0.2, 0) is 6.54 Å². The molecule has 0 radical (unpaired) electrons. The summed E-state index contributed by atoms with van der Waals surface area (Å²) in [4.78, 5) is 8.59. The normalized spacial score (nSPS) is 11.3. The van der Waals surface area contributed by atoms with Crippen LogP contribution < -0.4 is 15.4 Å². The molecule has 1 aromatic heterocycles. The average Bonchev–Trinajstić information content (AvgIpc) is 2.67. The van der Waals surface area contributed by atoms with Crippen molar-refractivity contribution in [2.45, 2.75) is 33.2 Å². The second-order valence-corrected chi connectivity index (χ2v) is 7.39. The monoisotopic (exact) mass is 386 g/mol. The fourth-order valence-corrected chi connectivity index (χ4v) is 2.99. The van der Waals surface area contributed by atoms with Gasteiger partial charge in [0.05, 0.1) is 0 Å². The molecule has 0 bridgehead atoms. The Morgan fingerprint density at radius 1 is 1.11 bits per heavy atom. The zero-order valence-electron chi connectivity index (χ0n) is 16.7. The molecule has 0 unspecified atom stereocenters. The molecule has 0 aliphatic rings. The lowest BCUT2D eigenvalue weighted by Gasteiger charge is -2.12. The van der Waals surface area contributed by atoms with Gasteiger partial charge in [-0.1, -0.05) is 6.07 Å². The van der Waals surface area contributed by atoms with Crippen molar-refractivity contribution < 1.29 is 4.74 Å². The van der Waals surface area contributed by atoms with Crippen molar-refractivity contribution in [1.82, 2.24) is 15.6 Å². The number of rotatable bonds is 9. The number of thioether (sulfide) groups is 1. The van der Waals surface area contributed by atoms with Gasteiger partial charge in [0, 0.05) is 32.4 Å². The van der Waals surface area contributed by atoms with Gasteiger partial charge in [-0.05, 0) is 73.6 Å². The van der Waals surface area contributed by atoms with Crippen molar-refractivity contribution in [3.8, 4) is 11.6 Å². The fraction of sp³-hybridized carbons (Fsp3) is 0.429. The highest BCUT2D eigenvalue weighted by molar-refractivity contribution is 7.98. The summed E-state index contributed by atoms with van der Waals surface area (Å²) in [7, 11) is 1.79. The third-order valence-electron chi connectivity index (χ3n) is 4.25. The molecule has 0 aliphatic carbocycles. The third kappa shape index (κ3) is 7.51. The molecule has 27 heavy (non-hydrogen) atoms. The highest BCUT2D eigenvalue weighted by atomic mass is 32.2. The Morgan fingerprint density at radius 3 is 2.70 bits per heavy atom. The lowest BCUT2D eigenvalue weighted by atomic mass is 10.1. The molecule has 0 fully saturated rings. The van der Waals surface area contributed by atoms with E-state index in [2.05, 4.69) is 46.8 Å². The number of nitrogens with zero attached hydrogens (tertiary/aromatic N) is 2. The highest BCUT2D eigenvalue weighted by Crippen LogP contribution is 2.22. The van der Waals surface area contributed by atoms with E-state index in [9.17, 15) is 0 Å². The molecule has 0 saturated carbocycles. The van der Waals surface area contributed by atoms with Gasteiger partial charge in [0.15, 0.2) is 5.96 Å². The van der Waals surface area contributed by atoms with E-state index in [1.54, 1.807) is 13.2 Å². The predicted octanol–water partition coefficient (Wildman–Crippen LogP) is 4.30. The van der Waals surface area contributed by atoms with Crippen LogP contribution in [0.25, 0.3) is 0 Å². The molecule has 2 aromatic rings. The number of benzene rings is 1. The van der Waals surface area contributed by atoms with E-state index >= 15 is 0 Å². The summed E-state index contributed by atoms with van der Waals surface area (Å²) >= 11 is 1.89. The number of aliphatic imine (C=N–C) groups is 1.